The average Bonchev–Trinajstić information content (AvgIpc) is 3.25. The molecule has 0 aromatic heterocycles. The van der Waals surface area contributed by atoms with Crippen LogP contribution in [0.3, 0.4) is 0 Å². The number of carbonyl (C=O) groups excluding carboxylic acids is 3. The predicted molar refractivity (Wildman–Crippen MR) is 94.2 cm³/mol. The molecule has 132 valence electrons. The van der Waals surface area contributed by atoms with Crippen molar-refractivity contribution in [2.75, 3.05) is 20.2 Å². The van der Waals surface area contributed by atoms with E-state index in [0.717, 1.165) is 0 Å². The van der Waals surface area contributed by atoms with E-state index in [1.807, 2.05) is 0 Å². The summed E-state index contributed by atoms with van der Waals surface area (Å²) in [6, 6.07) is 13.5. The smallest absolute Gasteiger partial charge is 0.261 e. The lowest BCUT2D eigenvalue weighted by Crippen LogP contribution is -2.42. The van der Waals surface area contributed by atoms with Crippen molar-refractivity contribution in [2.45, 2.75) is 12.5 Å². The molecular formula is C20H18N2O4. The lowest BCUT2D eigenvalue weighted by Gasteiger charge is -2.22. The molecule has 1 saturated heterocycles. The van der Waals surface area contributed by atoms with Crippen LogP contribution in [0.5, 0.6) is 5.75 Å². The second-order valence-electron chi connectivity index (χ2n) is 6.45. The van der Waals surface area contributed by atoms with Crippen molar-refractivity contribution in [3.8, 4) is 5.75 Å². The van der Waals surface area contributed by atoms with E-state index in [1.165, 1.54) is 4.90 Å². The maximum atomic E-state index is 12.7. The first kappa shape index (κ1) is 16.3. The molecular weight excluding hydrogens is 332 g/mol. The fourth-order valence-electron chi connectivity index (χ4n) is 3.59. The Morgan fingerprint density at radius 1 is 1.00 bits per heavy atom. The highest BCUT2D eigenvalue weighted by Crippen LogP contribution is 2.28. The number of hydrogen-bond acceptors (Lipinski definition) is 4. The van der Waals surface area contributed by atoms with Gasteiger partial charge in [0.1, 0.15) is 5.75 Å². The molecule has 1 unspecified atom stereocenters. The van der Waals surface area contributed by atoms with E-state index in [9.17, 15) is 14.4 Å². The first-order valence-corrected chi connectivity index (χ1v) is 8.50. The van der Waals surface area contributed by atoms with Crippen LogP contribution in [0.4, 0.5) is 0 Å². The van der Waals surface area contributed by atoms with Crippen LogP contribution in [-0.4, -0.2) is 53.8 Å². The highest BCUT2D eigenvalue weighted by molar-refractivity contribution is 6.21. The molecule has 2 aromatic rings. The van der Waals surface area contributed by atoms with Crippen LogP contribution in [0, 0.1) is 0 Å². The molecule has 0 radical (unpaired) electrons. The van der Waals surface area contributed by atoms with Gasteiger partial charge in [-0.25, -0.2) is 0 Å². The van der Waals surface area contributed by atoms with Crippen molar-refractivity contribution in [1.29, 1.82) is 0 Å². The largest absolute Gasteiger partial charge is 0.497 e. The Balaban J connectivity index is 1.49. The Labute approximate surface area is 151 Å². The number of methoxy groups -OCH3 is 1. The monoisotopic (exact) mass is 350 g/mol. The number of likely N-dealkylation sites (tertiary alicyclic amines) is 1. The first-order valence-electron chi connectivity index (χ1n) is 8.50. The quantitative estimate of drug-likeness (QED) is 0.796. The van der Waals surface area contributed by atoms with Gasteiger partial charge in [-0.3, -0.25) is 19.3 Å². The lowest BCUT2D eigenvalue weighted by molar-refractivity contribution is 0.0574. The first-order chi connectivity index (χ1) is 12.6. The number of rotatable bonds is 3. The third kappa shape index (κ3) is 2.54. The van der Waals surface area contributed by atoms with Crippen molar-refractivity contribution < 1.29 is 19.1 Å². The fraction of sp³-hybridized carbons (Fsp3) is 0.250. The summed E-state index contributed by atoms with van der Waals surface area (Å²) in [6.45, 7) is 0.874. The van der Waals surface area contributed by atoms with E-state index in [2.05, 4.69) is 0 Å². The predicted octanol–water partition coefficient (Wildman–Crippen LogP) is 2.21. The fourth-order valence-corrected chi connectivity index (χ4v) is 3.59. The highest BCUT2D eigenvalue weighted by atomic mass is 16.5. The van der Waals surface area contributed by atoms with Gasteiger partial charge in [-0.05, 0) is 42.8 Å². The summed E-state index contributed by atoms with van der Waals surface area (Å²) in [4.78, 5) is 40.9. The number of amides is 3. The number of benzene rings is 2. The van der Waals surface area contributed by atoms with Crippen LogP contribution < -0.4 is 4.74 Å². The maximum absolute atomic E-state index is 12.7. The summed E-state index contributed by atoms with van der Waals surface area (Å²) < 4.78 is 5.11. The summed E-state index contributed by atoms with van der Waals surface area (Å²) in [5, 5.41) is 0. The van der Waals surface area contributed by atoms with Gasteiger partial charge in [-0.15, -0.1) is 0 Å². The molecule has 2 aliphatic heterocycles. The summed E-state index contributed by atoms with van der Waals surface area (Å²) in [5.41, 5.74) is 1.45. The molecule has 6 nitrogen and oxygen atoms in total. The van der Waals surface area contributed by atoms with Crippen LogP contribution in [0.1, 0.15) is 37.5 Å². The topological polar surface area (TPSA) is 66.9 Å². The third-order valence-corrected chi connectivity index (χ3v) is 4.98. The third-order valence-electron chi connectivity index (χ3n) is 4.98. The molecule has 2 aromatic carbocycles. The number of imide groups is 1. The number of fused-ring (bicyclic) bond motifs is 1. The number of carbonyl (C=O) groups is 3. The minimum absolute atomic E-state index is 0.105. The van der Waals surface area contributed by atoms with Crippen LogP contribution in [0.25, 0.3) is 0 Å². The zero-order valence-electron chi connectivity index (χ0n) is 14.3. The Morgan fingerprint density at radius 2 is 1.62 bits per heavy atom. The van der Waals surface area contributed by atoms with Gasteiger partial charge in [-0.1, -0.05) is 12.1 Å². The van der Waals surface area contributed by atoms with Gasteiger partial charge in [0.15, 0.2) is 0 Å². The van der Waals surface area contributed by atoms with Gasteiger partial charge in [0, 0.05) is 18.7 Å². The zero-order chi connectivity index (χ0) is 18.3. The molecule has 26 heavy (non-hydrogen) atoms. The Kier molecular flexibility index (Phi) is 3.95. The van der Waals surface area contributed by atoms with Gasteiger partial charge >= 0.3 is 0 Å². The van der Waals surface area contributed by atoms with Gasteiger partial charge in [0.25, 0.3) is 17.7 Å². The standard InChI is InChI=1S/C20H18N2O4/c1-26-15-8-6-13(7-9-15)18(23)21-11-10-14(12-21)22-19(24)16-4-2-3-5-17(16)20(22)25/h2-9,14H,10-12H2,1H3. The van der Waals surface area contributed by atoms with Crippen molar-refractivity contribution in [2.24, 2.45) is 0 Å². The van der Waals surface area contributed by atoms with E-state index in [-0.39, 0.29) is 23.8 Å². The second-order valence-corrected chi connectivity index (χ2v) is 6.45. The molecule has 3 amide bonds. The lowest BCUT2D eigenvalue weighted by atomic mass is 10.1. The Morgan fingerprint density at radius 3 is 2.19 bits per heavy atom. The average molecular weight is 350 g/mol. The zero-order valence-corrected chi connectivity index (χ0v) is 14.3. The highest BCUT2D eigenvalue weighted by Gasteiger charge is 2.42. The van der Waals surface area contributed by atoms with E-state index in [1.54, 1.807) is 60.5 Å². The second kappa shape index (κ2) is 6.29. The van der Waals surface area contributed by atoms with Crippen molar-refractivity contribution in [3.63, 3.8) is 0 Å². The van der Waals surface area contributed by atoms with Gasteiger partial charge in [-0.2, -0.15) is 0 Å². The number of hydrogen-bond donors (Lipinski definition) is 0. The number of ether oxygens (including phenoxy) is 1. The van der Waals surface area contributed by atoms with E-state index < -0.39 is 0 Å². The van der Waals surface area contributed by atoms with Gasteiger partial charge < -0.3 is 9.64 Å². The summed E-state index contributed by atoms with van der Waals surface area (Å²) >= 11 is 0. The van der Waals surface area contributed by atoms with Gasteiger partial charge in [0.2, 0.25) is 0 Å². The molecule has 2 aliphatic rings. The van der Waals surface area contributed by atoms with Gasteiger partial charge in [0.05, 0.1) is 24.3 Å². The molecule has 4 rings (SSSR count). The maximum Gasteiger partial charge on any atom is 0.261 e. The van der Waals surface area contributed by atoms with Crippen molar-refractivity contribution in [3.05, 3.63) is 65.2 Å². The molecule has 0 bridgehead atoms. The summed E-state index contributed by atoms with van der Waals surface area (Å²) in [7, 11) is 1.57. The molecule has 0 spiro atoms. The minimum Gasteiger partial charge on any atom is -0.497 e. The molecule has 1 fully saturated rings. The van der Waals surface area contributed by atoms with Crippen molar-refractivity contribution in [1.82, 2.24) is 9.80 Å². The van der Waals surface area contributed by atoms with Crippen LogP contribution in [0.15, 0.2) is 48.5 Å². The van der Waals surface area contributed by atoms with Crippen LogP contribution in [-0.2, 0) is 0 Å². The summed E-state index contributed by atoms with van der Waals surface area (Å²) in [6.07, 6.45) is 0.591. The summed E-state index contributed by atoms with van der Waals surface area (Å²) in [5.74, 6) is 0.0438. The molecule has 6 heteroatoms. The molecule has 0 N–H and O–H groups in total. The molecule has 2 heterocycles. The van der Waals surface area contributed by atoms with Crippen molar-refractivity contribution >= 4 is 17.7 Å². The minimum atomic E-state index is -0.287. The van der Waals surface area contributed by atoms with Crippen LogP contribution >= 0.6 is 0 Å². The Bertz CT molecular complexity index is 856. The van der Waals surface area contributed by atoms with E-state index in [0.29, 0.717) is 42.0 Å². The molecule has 1 atom stereocenters. The van der Waals surface area contributed by atoms with Crippen LogP contribution in [0.2, 0.25) is 0 Å². The molecule has 0 aliphatic carbocycles. The number of nitrogens with zero attached hydrogens (tertiary/aromatic N) is 2. The Hall–Kier alpha value is -3.15. The van der Waals surface area contributed by atoms with E-state index >= 15 is 0 Å². The molecule has 0 saturated carbocycles. The van der Waals surface area contributed by atoms with E-state index in [4.69, 9.17) is 4.74 Å². The SMILES string of the molecule is COc1ccc(C(=O)N2CCC(N3C(=O)c4ccccc4C3=O)C2)cc1. The normalized spacial score (nSPS) is 19.0.